The summed E-state index contributed by atoms with van der Waals surface area (Å²) in [6.45, 7) is 6.73. The van der Waals surface area contributed by atoms with Crippen molar-refractivity contribution in [2.45, 2.75) is 39.2 Å². The van der Waals surface area contributed by atoms with Crippen LogP contribution < -0.4 is 0 Å². The normalized spacial score (nSPS) is 21.7. The highest BCUT2D eigenvalue weighted by Gasteiger charge is 2.40. The van der Waals surface area contributed by atoms with Gasteiger partial charge in [-0.3, -0.25) is 9.69 Å². The Bertz CT molecular complexity index is 701. The van der Waals surface area contributed by atoms with Crippen LogP contribution in [0.15, 0.2) is 18.5 Å². The molecule has 7 nitrogen and oxygen atoms in total. The molecular formula is C17H24N6O. The van der Waals surface area contributed by atoms with Crippen LogP contribution in [0.5, 0.6) is 0 Å². The van der Waals surface area contributed by atoms with Gasteiger partial charge >= 0.3 is 0 Å². The van der Waals surface area contributed by atoms with E-state index in [2.05, 4.69) is 26.9 Å². The van der Waals surface area contributed by atoms with Crippen LogP contribution in [-0.4, -0.2) is 61.5 Å². The van der Waals surface area contributed by atoms with E-state index in [0.29, 0.717) is 23.5 Å². The topological polar surface area (TPSA) is 66.6 Å². The summed E-state index contributed by atoms with van der Waals surface area (Å²) in [7, 11) is 0. The maximum Gasteiger partial charge on any atom is 0.252 e. The summed E-state index contributed by atoms with van der Waals surface area (Å²) >= 11 is 0. The summed E-state index contributed by atoms with van der Waals surface area (Å²) in [5, 5.41) is 4.49. The summed E-state index contributed by atoms with van der Waals surface area (Å²) in [5.41, 5.74) is 0.328. The number of nitrogens with zero attached hydrogens (tertiary/aromatic N) is 6. The molecule has 0 radical (unpaired) electrons. The largest absolute Gasteiger partial charge is 0.342 e. The van der Waals surface area contributed by atoms with E-state index in [4.69, 9.17) is 0 Å². The fourth-order valence-corrected chi connectivity index (χ4v) is 4.03. The van der Waals surface area contributed by atoms with Gasteiger partial charge in [-0.1, -0.05) is 0 Å². The number of piperidine rings is 2. The van der Waals surface area contributed by atoms with Crippen LogP contribution in [0.2, 0.25) is 0 Å². The third-order valence-corrected chi connectivity index (χ3v) is 5.57. The Morgan fingerprint density at radius 3 is 2.83 bits per heavy atom. The molecule has 2 fully saturated rings. The summed E-state index contributed by atoms with van der Waals surface area (Å²) < 4.78 is 1.73. The number of hydrogen-bond donors (Lipinski definition) is 0. The second kappa shape index (κ2) is 6.12. The lowest BCUT2D eigenvalue weighted by Crippen LogP contribution is -2.51. The summed E-state index contributed by atoms with van der Waals surface area (Å²) in [6, 6.07) is 1.86. The van der Waals surface area contributed by atoms with E-state index in [1.54, 1.807) is 10.7 Å². The number of carbonyl (C=O) groups is 1. The van der Waals surface area contributed by atoms with Gasteiger partial charge in [0.25, 0.3) is 5.78 Å². The second-order valence-electron chi connectivity index (χ2n) is 7.08. The smallest absolute Gasteiger partial charge is 0.252 e. The van der Waals surface area contributed by atoms with Crippen LogP contribution in [0.1, 0.15) is 38.4 Å². The molecule has 2 saturated heterocycles. The van der Waals surface area contributed by atoms with Crippen molar-refractivity contribution in [3.05, 3.63) is 24.3 Å². The maximum atomic E-state index is 11.9. The van der Waals surface area contributed by atoms with Crippen LogP contribution in [0.4, 0.5) is 0 Å². The van der Waals surface area contributed by atoms with E-state index in [1.807, 2.05) is 17.2 Å². The fraction of sp³-hybridized carbons (Fsp3) is 0.647. The highest BCUT2D eigenvalue weighted by Crippen LogP contribution is 2.40. The molecule has 0 unspecified atom stereocenters. The van der Waals surface area contributed by atoms with E-state index in [1.165, 1.54) is 0 Å². The molecule has 0 saturated carbocycles. The first kappa shape index (κ1) is 15.5. The standard InChI is InChI=1S/C17H24N6O/c1-2-22-13-17(5-4-15(22)24)6-10-21(11-7-17)12-14-19-16-18-8-3-9-23(16)20-14/h3,8-9H,2,4-7,10-13H2,1H3. The van der Waals surface area contributed by atoms with Gasteiger partial charge in [0.2, 0.25) is 5.91 Å². The number of rotatable bonds is 3. The number of carbonyl (C=O) groups excluding carboxylic acids is 1. The molecule has 0 N–H and O–H groups in total. The number of hydrogen-bond acceptors (Lipinski definition) is 5. The molecule has 1 amide bonds. The van der Waals surface area contributed by atoms with Gasteiger partial charge in [0.05, 0.1) is 6.54 Å². The Kier molecular flexibility index (Phi) is 3.96. The molecule has 2 aliphatic heterocycles. The quantitative estimate of drug-likeness (QED) is 0.851. The Hall–Kier alpha value is -2.02. The summed E-state index contributed by atoms with van der Waals surface area (Å²) in [4.78, 5) is 25.1. The average molecular weight is 328 g/mol. The Labute approximate surface area is 141 Å². The van der Waals surface area contributed by atoms with Gasteiger partial charge in [-0.05, 0) is 50.8 Å². The van der Waals surface area contributed by atoms with Gasteiger partial charge in [0.1, 0.15) is 0 Å². The van der Waals surface area contributed by atoms with Crippen molar-refractivity contribution >= 4 is 11.7 Å². The first-order valence-electron chi connectivity index (χ1n) is 8.84. The molecule has 4 rings (SSSR count). The third kappa shape index (κ3) is 2.88. The third-order valence-electron chi connectivity index (χ3n) is 5.57. The molecule has 2 aromatic heterocycles. The second-order valence-corrected chi connectivity index (χ2v) is 7.08. The molecule has 7 heteroatoms. The van der Waals surface area contributed by atoms with Crippen LogP contribution >= 0.6 is 0 Å². The minimum atomic E-state index is 0.326. The predicted octanol–water partition coefficient (Wildman–Crippen LogP) is 1.35. The van der Waals surface area contributed by atoms with Gasteiger partial charge in [-0.2, -0.15) is 4.98 Å². The zero-order valence-corrected chi connectivity index (χ0v) is 14.2. The van der Waals surface area contributed by atoms with Crippen molar-refractivity contribution in [2.24, 2.45) is 5.41 Å². The molecule has 0 aromatic carbocycles. The van der Waals surface area contributed by atoms with E-state index in [0.717, 1.165) is 57.8 Å². The predicted molar refractivity (Wildman–Crippen MR) is 89.2 cm³/mol. The van der Waals surface area contributed by atoms with Crippen LogP contribution in [-0.2, 0) is 11.3 Å². The number of fused-ring (bicyclic) bond motifs is 1. The zero-order valence-electron chi connectivity index (χ0n) is 14.2. The minimum absolute atomic E-state index is 0.326. The highest BCUT2D eigenvalue weighted by atomic mass is 16.2. The summed E-state index contributed by atoms with van der Waals surface area (Å²) in [6.07, 6.45) is 7.69. The van der Waals surface area contributed by atoms with Gasteiger partial charge in [0.15, 0.2) is 5.82 Å². The molecule has 0 aliphatic carbocycles. The molecular weight excluding hydrogens is 304 g/mol. The number of aromatic nitrogens is 4. The van der Waals surface area contributed by atoms with Crippen molar-refractivity contribution in [1.29, 1.82) is 0 Å². The van der Waals surface area contributed by atoms with Gasteiger partial charge in [0, 0.05) is 31.9 Å². The molecule has 24 heavy (non-hydrogen) atoms. The first-order chi connectivity index (χ1) is 11.7. The molecule has 4 heterocycles. The minimum Gasteiger partial charge on any atom is -0.342 e. The summed E-state index contributed by atoms with van der Waals surface area (Å²) in [5.74, 6) is 1.82. The Morgan fingerprint density at radius 2 is 2.08 bits per heavy atom. The number of amides is 1. The molecule has 0 atom stereocenters. The average Bonchev–Trinajstić information content (AvgIpc) is 3.02. The monoisotopic (exact) mass is 328 g/mol. The van der Waals surface area contributed by atoms with Crippen molar-refractivity contribution in [3.63, 3.8) is 0 Å². The Balaban J connectivity index is 1.38. The molecule has 128 valence electrons. The molecule has 2 aliphatic rings. The van der Waals surface area contributed by atoms with E-state index in [9.17, 15) is 4.79 Å². The maximum absolute atomic E-state index is 11.9. The zero-order chi connectivity index (χ0) is 16.6. The highest BCUT2D eigenvalue weighted by molar-refractivity contribution is 5.77. The van der Waals surface area contributed by atoms with Crippen LogP contribution in [0, 0.1) is 5.41 Å². The molecule has 2 aromatic rings. The lowest BCUT2D eigenvalue weighted by molar-refractivity contribution is -0.138. The van der Waals surface area contributed by atoms with Crippen LogP contribution in [0.3, 0.4) is 0 Å². The van der Waals surface area contributed by atoms with E-state index < -0.39 is 0 Å². The molecule has 1 spiro atoms. The lowest BCUT2D eigenvalue weighted by Gasteiger charge is -2.47. The van der Waals surface area contributed by atoms with Crippen LogP contribution in [0.25, 0.3) is 5.78 Å². The number of likely N-dealkylation sites (tertiary alicyclic amines) is 2. The fourth-order valence-electron chi connectivity index (χ4n) is 4.03. The van der Waals surface area contributed by atoms with Crippen molar-refractivity contribution in [2.75, 3.05) is 26.2 Å². The van der Waals surface area contributed by atoms with Gasteiger partial charge in [-0.15, -0.1) is 5.10 Å². The van der Waals surface area contributed by atoms with Crippen molar-refractivity contribution in [1.82, 2.24) is 29.4 Å². The first-order valence-corrected chi connectivity index (χ1v) is 8.84. The van der Waals surface area contributed by atoms with Crippen molar-refractivity contribution < 1.29 is 4.79 Å². The van der Waals surface area contributed by atoms with Gasteiger partial charge in [-0.25, -0.2) is 9.50 Å². The Morgan fingerprint density at radius 1 is 1.25 bits per heavy atom. The van der Waals surface area contributed by atoms with E-state index >= 15 is 0 Å². The van der Waals surface area contributed by atoms with Crippen molar-refractivity contribution in [3.8, 4) is 0 Å². The van der Waals surface area contributed by atoms with Gasteiger partial charge < -0.3 is 4.90 Å². The molecule has 0 bridgehead atoms. The van der Waals surface area contributed by atoms with E-state index in [-0.39, 0.29) is 0 Å². The SMILES string of the molecule is CCN1CC2(CCC1=O)CCN(Cc1nc3ncccn3n1)CC2. The lowest BCUT2D eigenvalue weighted by atomic mass is 9.72.